The number of fused-ring (bicyclic) bond motifs is 1. The Bertz CT molecular complexity index is 548. The molecule has 2 aliphatic rings. The number of rotatable bonds is 6. The summed E-state index contributed by atoms with van der Waals surface area (Å²) in [5, 5.41) is -1.09. The monoisotopic (exact) mass is 308 g/mol. The van der Waals surface area contributed by atoms with Crippen LogP contribution in [-0.2, 0) is 25.2 Å². The highest BCUT2D eigenvalue weighted by atomic mass is 31.2. The molecule has 1 saturated carbocycles. The molecule has 1 unspecified atom stereocenters. The van der Waals surface area contributed by atoms with Crippen LogP contribution in [0.4, 0.5) is 0 Å². The molecule has 0 bridgehead atoms. The third-order valence-electron chi connectivity index (χ3n) is 3.94. The molecule has 2 fully saturated rings. The molecule has 1 aliphatic carbocycles. The zero-order chi connectivity index (χ0) is 14.9. The van der Waals surface area contributed by atoms with Crippen LogP contribution in [0.15, 0.2) is 43.0 Å². The van der Waals surface area contributed by atoms with Crippen LogP contribution in [0.1, 0.15) is 12.0 Å². The maximum Gasteiger partial charge on any atom is 0.356 e. The fourth-order valence-electron chi connectivity index (χ4n) is 2.67. The Morgan fingerprint density at radius 3 is 2.95 bits per heavy atom. The van der Waals surface area contributed by atoms with Gasteiger partial charge < -0.3 is 9.63 Å². The van der Waals surface area contributed by atoms with Gasteiger partial charge in [0.05, 0.1) is 0 Å². The van der Waals surface area contributed by atoms with E-state index in [4.69, 9.17) is 13.8 Å². The van der Waals surface area contributed by atoms with E-state index in [1.807, 2.05) is 30.3 Å². The van der Waals surface area contributed by atoms with E-state index in [1.165, 1.54) is 6.08 Å². The normalized spacial score (nSPS) is 33.3. The Labute approximate surface area is 124 Å². The van der Waals surface area contributed by atoms with Crippen LogP contribution in [0, 0.1) is 5.92 Å². The van der Waals surface area contributed by atoms with Crippen molar-refractivity contribution in [3.05, 3.63) is 48.6 Å². The molecule has 1 aromatic carbocycles. The van der Waals surface area contributed by atoms with E-state index >= 15 is 0 Å². The lowest BCUT2D eigenvalue weighted by molar-refractivity contribution is -0.219. The summed E-state index contributed by atoms with van der Waals surface area (Å²) >= 11 is 0. The van der Waals surface area contributed by atoms with E-state index in [-0.39, 0.29) is 25.7 Å². The Morgan fingerprint density at radius 1 is 1.52 bits per heavy atom. The first kappa shape index (κ1) is 14.7. The Morgan fingerprint density at radius 2 is 2.29 bits per heavy atom. The van der Waals surface area contributed by atoms with E-state index in [2.05, 4.69) is 6.58 Å². The maximum atomic E-state index is 12.7. The number of carbonyl (C=O) groups is 1. The van der Waals surface area contributed by atoms with E-state index in [0.29, 0.717) is 6.42 Å². The Balaban J connectivity index is 1.67. The molecule has 0 amide bonds. The molecule has 112 valence electrons. The average molecular weight is 308 g/mol. The van der Waals surface area contributed by atoms with Crippen molar-refractivity contribution in [1.29, 1.82) is 0 Å². The molecule has 1 heterocycles. The first-order valence-corrected chi connectivity index (χ1v) is 8.38. The molecule has 1 saturated heterocycles. The first-order valence-electron chi connectivity index (χ1n) is 6.84. The number of carbonyl (C=O) groups excluding carboxylic acids is 1. The minimum absolute atomic E-state index is 0.0589. The molecule has 3 atom stereocenters. The number of hydrogen-bond acceptors (Lipinski definition) is 5. The summed E-state index contributed by atoms with van der Waals surface area (Å²) in [5.41, 5.74) is 0.889. The van der Waals surface area contributed by atoms with Gasteiger partial charge in [0.25, 0.3) is 7.94 Å². The van der Waals surface area contributed by atoms with Gasteiger partial charge in [-0.15, -0.1) is 6.58 Å². The quantitative estimate of drug-likeness (QED) is 0.456. The second-order valence-corrected chi connectivity index (χ2v) is 7.57. The molecule has 1 aromatic rings. The van der Waals surface area contributed by atoms with Crippen LogP contribution in [0.2, 0.25) is 0 Å². The van der Waals surface area contributed by atoms with Crippen molar-refractivity contribution >= 4 is 13.9 Å². The molecule has 0 aromatic heterocycles. The number of esters is 1. The van der Waals surface area contributed by atoms with Gasteiger partial charge in [0, 0.05) is 12.3 Å². The van der Waals surface area contributed by atoms with Gasteiger partial charge >= 0.3 is 5.97 Å². The van der Waals surface area contributed by atoms with E-state index in [1.54, 1.807) is 0 Å². The standard InChI is InChI=1S/C15H17O5P/c1-2-8-19-21(17)15(9-13(15)11-20-21)14(16)18-10-12-6-4-3-5-7-12/h2-7,13H,1,8-11H2/t13-,15-,21?/m1/s1. The number of hydrogen-bond donors (Lipinski definition) is 0. The van der Waals surface area contributed by atoms with Gasteiger partial charge in [-0.1, -0.05) is 36.4 Å². The van der Waals surface area contributed by atoms with Gasteiger partial charge in [-0.25, -0.2) is 13.8 Å². The SMILES string of the molecule is C=CCO[P+]1([O-])OC[C@H]2C[C@]21C(=O)OCc1ccccc1. The van der Waals surface area contributed by atoms with Crippen LogP contribution in [0.3, 0.4) is 0 Å². The maximum absolute atomic E-state index is 12.7. The van der Waals surface area contributed by atoms with E-state index in [9.17, 15) is 9.69 Å². The molecule has 6 heteroatoms. The summed E-state index contributed by atoms with van der Waals surface area (Å²) in [4.78, 5) is 25.1. The van der Waals surface area contributed by atoms with Crippen LogP contribution >= 0.6 is 7.94 Å². The zero-order valence-electron chi connectivity index (χ0n) is 11.6. The minimum atomic E-state index is -3.46. The highest BCUT2D eigenvalue weighted by Crippen LogP contribution is 2.81. The molecule has 1 aliphatic heterocycles. The van der Waals surface area contributed by atoms with Crippen LogP contribution in [0.25, 0.3) is 0 Å². The third kappa shape index (κ3) is 2.40. The lowest BCUT2D eigenvalue weighted by Gasteiger charge is -2.29. The smallest absolute Gasteiger partial charge is 0.356 e. The molecule has 3 rings (SSSR count). The van der Waals surface area contributed by atoms with Gasteiger partial charge in [-0.05, 0) is 5.56 Å². The molecule has 5 nitrogen and oxygen atoms in total. The van der Waals surface area contributed by atoms with Gasteiger partial charge in [-0.2, -0.15) is 0 Å². The van der Waals surface area contributed by atoms with Crippen LogP contribution in [0.5, 0.6) is 0 Å². The molecule has 0 spiro atoms. The second kappa shape index (κ2) is 5.50. The Kier molecular flexibility index (Phi) is 3.84. The van der Waals surface area contributed by atoms with Gasteiger partial charge in [0.1, 0.15) is 19.8 Å². The van der Waals surface area contributed by atoms with Crippen LogP contribution in [-0.4, -0.2) is 24.3 Å². The predicted octanol–water partition coefficient (Wildman–Crippen LogP) is 1.84. The predicted molar refractivity (Wildman–Crippen MR) is 76.1 cm³/mol. The summed E-state index contributed by atoms with van der Waals surface area (Å²) in [6.45, 7) is 4.06. The molecule has 0 radical (unpaired) electrons. The third-order valence-corrected chi connectivity index (χ3v) is 6.62. The van der Waals surface area contributed by atoms with Crippen molar-refractivity contribution in [3.63, 3.8) is 0 Å². The zero-order valence-corrected chi connectivity index (χ0v) is 12.5. The summed E-state index contributed by atoms with van der Waals surface area (Å²) in [6, 6.07) is 9.38. The Hall–Kier alpha value is -1.26. The van der Waals surface area contributed by atoms with Gasteiger partial charge in [-0.3, -0.25) is 0 Å². The molecule has 0 N–H and O–H groups in total. The van der Waals surface area contributed by atoms with E-state index < -0.39 is 19.1 Å². The fourth-order valence-corrected chi connectivity index (χ4v) is 5.13. The molecular formula is C15H17O5P. The molecule has 21 heavy (non-hydrogen) atoms. The fraction of sp³-hybridized carbons (Fsp3) is 0.400. The van der Waals surface area contributed by atoms with Crippen molar-refractivity contribution in [1.82, 2.24) is 0 Å². The summed E-state index contributed by atoms with van der Waals surface area (Å²) in [7, 11) is -3.46. The number of benzene rings is 1. The van der Waals surface area contributed by atoms with Gasteiger partial charge in [0.15, 0.2) is 0 Å². The summed E-state index contributed by atoms with van der Waals surface area (Å²) < 4.78 is 15.9. The van der Waals surface area contributed by atoms with E-state index in [0.717, 1.165) is 5.56 Å². The lowest BCUT2D eigenvalue weighted by Crippen LogP contribution is -2.35. The summed E-state index contributed by atoms with van der Waals surface area (Å²) in [5.74, 6) is -0.544. The average Bonchev–Trinajstić information content (AvgIpc) is 3.20. The highest BCUT2D eigenvalue weighted by molar-refractivity contribution is 7.62. The summed E-state index contributed by atoms with van der Waals surface area (Å²) in [6.07, 6.45) is 2.00. The second-order valence-electron chi connectivity index (χ2n) is 5.26. The van der Waals surface area contributed by atoms with Crippen molar-refractivity contribution in [3.8, 4) is 0 Å². The van der Waals surface area contributed by atoms with Crippen molar-refractivity contribution in [2.75, 3.05) is 13.2 Å². The first-order chi connectivity index (χ1) is 10.1. The van der Waals surface area contributed by atoms with Crippen molar-refractivity contribution in [2.24, 2.45) is 5.92 Å². The highest BCUT2D eigenvalue weighted by Gasteiger charge is 2.82. The van der Waals surface area contributed by atoms with Crippen molar-refractivity contribution in [2.45, 2.75) is 18.2 Å². The minimum Gasteiger partial charge on any atom is -0.630 e. The lowest BCUT2D eigenvalue weighted by atomic mass is 10.2. The number of ether oxygens (including phenoxy) is 1. The van der Waals surface area contributed by atoms with Crippen LogP contribution < -0.4 is 4.89 Å². The van der Waals surface area contributed by atoms with Gasteiger partial charge in [0.2, 0.25) is 5.16 Å². The topological polar surface area (TPSA) is 67.8 Å². The largest absolute Gasteiger partial charge is 0.630 e. The molecular weight excluding hydrogens is 291 g/mol. The van der Waals surface area contributed by atoms with Crippen molar-refractivity contribution < 1.29 is 23.5 Å².